The molecule has 3 rings (SSSR count). The zero-order chi connectivity index (χ0) is 16.4. The summed E-state index contributed by atoms with van der Waals surface area (Å²) in [6, 6.07) is 9.91. The molecule has 1 fully saturated rings. The second-order valence-electron chi connectivity index (χ2n) is 6.54. The van der Waals surface area contributed by atoms with Gasteiger partial charge in [0, 0.05) is 13.0 Å². The predicted octanol–water partition coefficient (Wildman–Crippen LogP) is 1.68. The average molecular weight is 311 g/mol. The minimum Gasteiger partial charge on any atom is -0.506 e. The standard InChI is InChI=1S/C18H22N4O/c1-13-6-5-9-22(11-13)12-17(23)14(10-19)18-20-15-7-3-4-8-16(15)21(18)2/h3-4,7-8,13,23H,5-6,9,11-12H2,1-2H3/p+1/b17-14-. The van der Waals surface area contributed by atoms with Crippen molar-refractivity contribution in [3.63, 3.8) is 0 Å². The summed E-state index contributed by atoms with van der Waals surface area (Å²) in [5, 5.41) is 20.1. The predicted molar refractivity (Wildman–Crippen MR) is 89.8 cm³/mol. The third-order valence-electron chi connectivity index (χ3n) is 4.69. The van der Waals surface area contributed by atoms with Gasteiger partial charge in [-0.2, -0.15) is 5.26 Å². The number of likely N-dealkylation sites (tertiary alicyclic amines) is 1. The summed E-state index contributed by atoms with van der Waals surface area (Å²) < 4.78 is 1.87. The molecule has 1 aliphatic heterocycles. The Morgan fingerprint density at radius 1 is 1.48 bits per heavy atom. The summed E-state index contributed by atoms with van der Waals surface area (Å²) >= 11 is 0. The molecule has 2 heterocycles. The van der Waals surface area contributed by atoms with Crippen LogP contribution in [0.25, 0.3) is 16.6 Å². The Hall–Kier alpha value is -2.32. The number of rotatable bonds is 3. The van der Waals surface area contributed by atoms with Crippen LogP contribution in [0.4, 0.5) is 0 Å². The third-order valence-corrected chi connectivity index (χ3v) is 4.69. The summed E-state index contributed by atoms with van der Waals surface area (Å²) in [5.74, 6) is 1.36. The molecule has 0 bridgehead atoms. The first-order valence-electron chi connectivity index (χ1n) is 8.17. The molecule has 2 unspecified atom stereocenters. The van der Waals surface area contributed by atoms with Crippen molar-refractivity contribution < 1.29 is 10.0 Å². The van der Waals surface area contributed by atoms with Gasteiger partial charge >= 0.3 is 0 Å². The number of imidazole rings is 1. The van der Waals surface area contributed by atoms with E-state index in [1.54, 1.807) is 0 Å². The highest BCUT2D eigenvalue weighted by Crippen LogP contribution is 2.21. The van der Waals surface area contributed by atoms with Crippen LogP contribution in [0.15, 0.2) is 30.0 Å². The molecule has 0 saturated carbocycles. The van der Waals surface area contributed by atoms with Crippen LogP contribution in [0.5, 0.6) is 0 Å². The number of aryl methyl sites for hydroxylation is 1. The number of nitriles is 1. The molecule has 23 heavy (non-hydrogen) atoms. The first-order chi connectivity index (χ1) is 11.1. The lowest BCUT2D eigenvalue weighted by Crippen LogP contribution is -3.13. The minimum atomic E-state index is 0.148. The number of para-hydroxylation sites is 2. The number of aliphatic hydroxyl groups excluding tert-OH is 1. The van der Waals surface area contributed by atoms with Gasteiger partial charge in [0.05, 0.1) is 24.1 Å². The molecule has 0 aliphatic carbocycles. The number of allylic oxidation sites excluding steroid dienone is 1. The molecule has 0 radical (unpaired) electrons. The molecular weight excluding hydrogens is 288 g/mol. The second-order valence-corrected chi connectivity index (χ2v) is 6.54. The van der Waals surface area contributed by atoms with Crippen molar-refractivity contribution in [2.45, 2.75) is 19.8 Å². The fourth-order valence-electron chi connectivity index (χ4n) is 3.50. The Labute approximate surface area is 136 Å². The normalized spacial score (nSPS) is 22.7. The summed E-state index contributed by atoms with van der Waals surface area (Å²) in [5.41, 5.74) is 2.08. The van der Waals surface area contributed by atoms with Crippen molar-refractivity contribution in [1.82, 2.24) is 9.55 Å². The molecule has 2 aromatic rings. The topological polar surface area (TPSA) is 66.3 Å². The van der Waals surface area contributed by atoms with Gasteiger partial charge in [-0.3, -0.25) is 0 Å². The van der Waals surface area contributed by atoms with Crippen molar-refractivity contribution in [3.8, 4) is 6.07 Å². The van der Waals surface area contributed by atoms with Crippen LogP contribution in [-0.2, 0) is 7.05 Å². The first-order valence-corrected chi connectivity index (χ1v) is 8.17. The second kappa shape index (κ2) is 6.43. The Bertz CT molecular complexity index is 784. The summed E-state index contributed by atoms with van der Waals surface area (Å²) in [6.45, 7) is 4.84. The lowest BCUT2D eigenvalue weighted by Gasteiger charge is -2.27. The highest BCUT2D eigenvalue weighted by Gasteiger charge is 2.23. The van der Waals surface area contributed by atoms with Crippen LogP contribution < -0.4 is 4.90 Å². The fourth-order valence-corrected chi connectivity index (χ4v) is 3.50. The average Bonchev–Trinajstić information content (AvgIpc) is 2.86. The zero-order valence-electron chi connectivity index (χ0n) is 13.7. The third kappa shape index (κ3) is 3.08. The van der Waals surface area contributed by atoms with Crippen molar-refractivity contribution in [2.24, 2.45) is 13.0 Å². The monoisotopic (exact) mass is 311 g/mol. The van der Waals surface area contributed by atoms with Gasteiger partial charge in [-0.05, 0) is 25.0 Å². The molecule has 120 valence electrons. The molecule has 1 aliphatic rings. The van der Waals surface area contributed by atoms with Crippen LogP contribution in [0.3, 0.4) is 0 Å². The number of nitrogens with zero attached hydrogens (tertiary/aromatic N) is 3. The van der Waals surface area contributed by atoms with E-state index in [9.17, 15) is 10.4 Å². The highest BCUT2D eigenvalue weighted by molar-refractivity contribution is 5.83. The Morgan fingerprint density at radius 3 is 2.96 bits per heavy atom. The molecule has 2 N–H and O–H groups in total. The van der Waals surface area contributed by atoms with Gasteiger partial charge in [-0.25, -0.2) is 4.98 Å². The van der Waals surface area contributed by atoms with Crippen molar-refractivity contribution in [2.75, 3.05) is 19.6 Å². The zero-order valence-corrected chi connectivity index (χ0v) is 13.7. The van der Waals surface area contributed by atoms with Crippen molar-refractivity contribution in [1.29, 1.82) is 5.26 Å². The van der Waals surface area contributed by atoms with Crippen LogP contribution in [0.1, 0.15) is 25.6 Å². The summed E-state index contributed by atoms with van der Waals surface area (Å²) in [4.78, 5) is 5.87. The molecule has 0 spiro atoms. The van der Waals surface area contributed by atoms with Gasteiger partial charge in [-0.15, -0.1) is 0 Å². The van der Waals surface area contributed by atoms with Crippen LogP contribution >= 0.6 is 0 Å². The number of piperidine rings is 1. The van der Waals surface area contributed by atoms with Gasteiger partial charge in [0.2, 0.25) is 0 Å². The van der Waals surface area contributed by atoms with E-state index in [4.69, 9.17) is 0 Å². The SMILES string of the molecule is CC1CCC[NH+](C/C(O)=C(\C#N)c2nc3ccccc3n2C)C1. The van der Waals surface area contributed by atoms with E-state index < -0.39 is 0 Å². The maximum absolute atomic E-state index is 10.5. The van der Waals surface area contributed by atoms with Gasteiger partial charge < -0.3 is 14.6 Å². The Kier molecular flexibility index (Phi) is 4.35. The number of fused-ring (bicyclic) bond motifs is 1. The van der Waals surface area contributed by atoms with Crippen LogP contribution in [-0.4, -0.2) is 34.3 Å². The summed E-state index contributed by atoms with van der Waals surface area (Å²) in [7, 11) is 1.88. The van der Waals surface area contributed by atoms with Gasteiger partial charge in [0.15, 0.2) is 11.6 Å². The van der Waals surface area contributed by atoms with Gasteiger partial charge in [0.25, 0.3) is 0 Å². The maximum atomic E-state index is 10.5. The number of nitrogens with one attached hydrogen (secondary N) is 1. The molecule has 1 aromatic carbocycles. The largest absolute Gasteiger partial charge is 0.506 e. The first kappa shape index (κ1) is 15.6. The number of aromatic nitrogens is 2. The highest BCUT2D eigenvalue weighted by atomic mass is 16.3. The quantitative estimate of drug-likeness (QED) is 0.669. The summed E-state index contributed by atoms with van der Waals surface area (Å²) in [6.07, 6.45) is 2.43. The van der Waals surface area contributed by atoms with Crippen molar-refractivity contribution in [3.05, 3.63) is 35.8 Å². The smallest absolute Gasteiger partial charge is 0.169 e. The fraction of sp³-hybridized carbons (Fsp3) is 0.444. The van der Waals surface area contributed by atoms with E-state index in [1.165, 1.54) is 17.7 Å². The number of aliphatic hydroxyl groups is 1. The molecule has 1 saturated heterocycles. The molecule has 0 amide bonds. The van der Waals surface area contributed by atoms with Gasteiger partial charge in [0.1, 0.15) is 18.2 Å². The molecule has 5 nitrogen and oxygen atoms in total. The molecule has 1 aromatic heterocycles. The minimum absolute atomic E-state index is 0.148. The van der Waals surface area contributed by atoms with Crippen molar-refractivity contribution >= 4 is 16.6 Å². The van der Waals surface area contributed by atoms with E-state index in [0.717, 1.165) is 24.1 Å². The van der Waals surface area contributed by atoms with Crippen LogP contribution in [0.2, 0.25) is 0 Å². The molecule has 2 atom stereocenters. The van der Waals surface area contributed by atoms with E-state index in [2.05, 4.69) is 18.0 Å². The van der Waals surface area contributed by atoms with E-state index in [-0.39, 0.29) is 11.3 Å². The van der Waals surface area contributed by atoms with Crippen LogP contribution in [0, 0.1) is 17.2 Å². The van der Waals surface area contributed by atoms with Gasteiger partial charge in [-0.1, -0.05) is 19.1 Å². The lowest BCUT2D eigenvalue weighted by atomic mass is 10.00. The van der Waals surface area contributed by atoms with E-state index in [1.807, 2.05) is 35.9 Å². The maximum Gasteiger partial charge on any atom is 0.169 e. The number of hydrogen-bond donors (Lipinski definition) is 2. The molecule has 5 heteroatoms. The Balaban J connectivity index is 1.93. The van der Waals surface area contributed by atoms with E-state index in [0.29, 0.717) is 18.3 Å². The number of benzene rings is 1. The number of hydrogen-bond acceptors (Lipinski definition) is 3. The molecular formula is C18H23N4O+. The van der Waals surface area contributed by atoms with E-state index >= 15 is 0 Å². The number of quaternary nitrogens is 1. The Morgan fingerprint density at radius 2 is 2.26 bits per heavy atom. The lowest BCUT2D eigenvalue weighted by molar-refractivity contribution is -0.905.